The number of nitrogens with one attached hydrogen (secondary N) is 1. The minimum absolute atomic E-state index is 0.0883. The average molecular weight is 368 g/mol. The van der Waals surface area contributed by atoms with Crippen molar-refractivity contribution in [3.05, 3.63) is 76.8 Å². The van der Waals surface area contributed by atoms with E-state index in [2.05, 4.69) is 4.72 Å². The predicted octanol–water partition coefficient (Wildman–Crippen LogP) is 5.97. The molecule has 0 unspecified atom stereocenters. The quantitative estimate of drug-likeness (QED) is 0.272. The third kappa shape index (κ3) is 3.42. The molecule has 5 nitrogen and oxygen atoms in total. The number of rotatable bonds is 4. The topological polar surface area (TPSA) is 64.4 Å². The summed E-state index contributed by atoms with van der Waals surface area (Å²) in [5.74, 6) is 1.72. The van der Waals surface area contributed by atoms with Gasteiger partial charge in [0.25, 0.3) is 5.69 Å². The van der Waals surface area contributed by atoms with E-state index >= 15 is 0 Å². The summed E-state index contributed by atoms with van der Waals surface area (Å²) in [6.07, 6.45) is 0. The predicted molar refractivity (Wildman–Crippen MR) is 99.7 cm³/mol. The summed E-state index contributed by atoms with van der Waals surface area (Å²) in [6, 6.07) is 20.3. The van der Waals surface area contributed by atoms with Crippen molar-refractivity contribution in [1.82, 2.24) is 0 Å². The van der Waals surface area contributed by atoms with E-state index in [1.165, 1.54) is 24.1 Å². The molecule has 0 radical (unpaired) electrons. The maximum Gasteiger partial charge on any atom is 0.269 e. The van der Waals surface area contributed by atoms with Crippen LogP contribution in [0.25, 0.3) is 0 Å². The van der Waals surface area contributed by atoms with Crippen molar-refractivity contribution in [2.75, 3.05) is 4.72 Å². The number of benzene rings is 3. The zero-order valence-electron chi connectivity index (χ0n) is 12.8. The van der Waals surface area contributed by atoms with E-state index in [1.54, 1.807) is 23.9 Å². The summed E-state index contributed by atoms with van der Waals surface area (Å²) in [6.45, 7) is 0. The molecule has 0 aliphatic carbocycles. The van der Waals surface area contributed by atoms with Crippen molar-refractivity contribution in [2.24, 2.45) is 0 Å². The molecule has 0 bridgehead atoms. The van der Waals surface area contributed by atoms with Crippen molar-refractivity contribution < 1.29 is 9.66 Å². The third-order valence-electron chi connectivity index (χ3n) is 3.57. The molecule has 25 heavy (non-hydrogen) atoms. The maximum absolute atomic E-state index is 10.7. The van der Waals surface area contributed by atoms with E-state index < -0.39 is 4.92 Å². The summed E-state index contributed by atoms with van der Waals surface area (Å²) in [5.41, 5.74) is 1.03. The minimum atomic E-state index is -0.402. The van der Waals surface area contributed by atoms with Crippen LogP contribution in [0.15, 0.2) is 81.4 Å². The molecule has 0 saturated heterocycles. The fourth-order valence-electron chi connectivity index (χ4n) is 2.35. The van der Waals surface area contributed by atoms with E-state index in [0.29, 0.717) is 0 Å². The van der Waals surface area contributed by atoms with Crippen molar-refractivity contribution in [3.8, 4) is 11.5 Å². The monoisotopic (exact) mass is 368 g/mol. The highest BCUT2D eigenvalue weighted by Gasteiger charge is 2.17. The Bertz CT molecular complexity index is 945. The van der Waals surface area contributed by atoms with Crippen LogP contribution in [0, 0.1) is 10.1 Å². The van der Waals surface area contributed by atoms with Gasteiger partial charge in [0.1, 0.15) is 11.5 Å². The van der Waals surface area contributed by atoms with Crippen molar-refractivity contribution in [2.45, 2.75) is 14.7 Å². The van der Waals surface area contributed by atoms with Crippen LogP contribution in [0.5, 0.6) is 11.5 Å². The lowest BCUT2D eigenvalue weighted by molar-refractivity contribution is -0.384. The van der Waals surface area contributed by atoms with E-state index in [1.807, 2.05) is 42.5 Å². The molecule has 0 fully saturated rings. The van der Waals surface area contributed by atoms with Gasteiger partial charge >= 0.3 is 0 Å². The summed E-state index contributed by atoms with van der Waals surface area (Å²) in [4.78, 5) is 13.3. The zero-order valence-corrected chi connectivity index (χ0v) is 14.5. The number of anilines is 1. The van der Waals surface area contributed by atoms with E-state index in [9.17, 15) is 10.1 Å². The van der Waals surface area contributed by atoms with E-state index in [0.717, 1.165) is 31.9 Å². The molecule has 0 spiro atoms. The van der Waals surface area contributed by atoms with Gasteiger partial charge in [0.2, 0.25) is 0 Å². The molecule has 0 amide bonds. The molecule has 1 aliphatic rings. The van der Waals surface area contributed by atoms with Crippen LogP contribution in [0.4, 0.5) is 11.4 Å². The Labute approximate surface area is 152 Å². The van der Waals surface area contributed by atoms with Crippen LogP contribution in [0.1, 0.15) is 0 Å². The van der Waals surface area contributed by atoms with Crippen molar-refractivity contribution >= 4 is 35.1 Å². The number of nitro benzene ring substituents is 1. The average Bonchev–Trinajstić information content (AvgIpc) is 2.65. The number of nitro groups is 1. The van der Waals surface area contributed by atoms with Crippen LogP contribution in [0.3, 0.4) is 0 Å². The minimum Gasteiger partial charge on any atom is -0.455 e. The lowest BCUT2D eigenvalue weighted by Gasteiger charge is -2.20. The first kappa shape index (κ1) is 15.9. The molecule has 0 aromatic heterocycles. The Kier molecular flexibility index (Phi) is 4.25. The SMILES string of the molecule is O=[N+]([O-])c1ccc(SNc2ccc3c(c2)Sc2ccccc2O3)cc1. The summed E-state index contributed by atoms with van der Waals surface area (Å²) in [5, 5.41) is 10.7. The van der Waals surface area contributed by atoms with Gasteiger partial charge in [0.05, 0.1) is 14.7 Å². The molecule has 1 aliphatic heterocycles. The molecule has 0 saturated carbocycles. The second kappa shape index (κ2) is 6.70. The second-order valence-corrected chi connectivity index (χ2v) is 7.23. The van der Waals surface area contributed by atoms with Gasteiger partial charge < -0.3 is 9.46 Å². The largest absolute Gasteiger partial charge is 0.455 e. The number of fused-ring (bicyclic) bond motifs is 2. The van der Waals surface area contributed by atoms with Gasteiger partial charge in [0, 0.05) is 22.7 Å². The number of non-ortho nitro benzene ring substituents is 1. The molecule has 0 atom stereocenters. The maximum atomic E-state index is 10.7. The number of ether oxygens (including phenoxy) is 1. The fraction of sp³-hybridized carbons (Fsp3) is 0. The van der Waals surface area contributed by atoms with E-state index in [-0.39, 0.29) is 5.69 Å². The van der Waals surface area contributed by atoms with Gasteiger partial charge in [0.15, 0.2) is 0 Å². The number of hydrogen-bond acceptors (Lipinski definition) is 6. The van der Waals surface area contributed by atoms with Gasteiger partial charge in [-0.15, -0.1) is 0 Å². The highest BCUT2D eigenvalue weighted by Crippen LogP contribution is 2.47. The van der Waals surface area contributed by atoms with Crippen molar-refractivity contribution in [1.29, 1.82) is 0 Å². The molecule has 7 heteroatoms. The molecule has 3 aromatic rings. The Balaban J connectivity index is 1.47. The lowest BCUT2D eigenvalue weighted by Crippen LogP contribution is -1.96. The summed E-state index contributed by atoms with van der Waals surface area (Å²) in [7, 11) is 0. The van der Waals surface area contributed by atoms with E-state index in [4.69, 9.17) is 4.74 Å². The molecular formula is C18H12N2O3S2. The van der Waals surface area contributed by atoms with Gasteiger partial charge in [-0.3, -0.25) is 10.1 Å². The Hall–Kier alpha value is -2.64. The Morgan fingerprint density at radius 2 is 1.72 bits per heavy atom. The Morgan fingerprint density at radius 1 is 0.960 bits per heavy atom. The zero-order chi connectivity index (χ0) is 17.2. The highest BCUT2D eigenvalue weighted by atomic mass is 32.2. The number of nitrogens with zero attached hydrogens (tertiary/aromatic N) is 1. The van der Waals surface area contributed by atoms with Crippen LogP contribution in [-0.2, 0) is 0 Å². The van der Waals surface area contributed by atoms with Crippen molar-refractivity contribution in [3.63, 3.8) is 0 Å². The number of para-hydroxylation sites is 1. The fourth-order valence-corrected chi connectivity index (χ4v) is 3.97. The number of hydrogen-bond donors (Lipinski definition) is 1. The molecule has 3 aromatic carbocycles. The van der Waals surface area contributed by atoms with Crippen LogP contribution >= 0.6 is 23.7 Å². The molecule has 1 N–H and O–H groups in total. The van der Waals surface area contributed by atoms with Crippen LogP contribution in [0.2, 0.25) is 0 Å². The smallest absolute Gasteiger partial charge is 0.269 e. The first-order valence-corrected chi connectivity index (χ1v) is 9.08. The molecule has 124 valence electrons. The second-order valence-electron chi connectivity index (χ2n) is 5.27. The first-order chi connectivity index (χ1) is 12.2. The molecular weight excluding hydrogens is 356 g/mol. The first-order valence-electron chi connectivity index (χ1n) is 7.45. The van der Waals surface area contributed by atoms with Gasteiger partial charge in [-0.2, -0.15) is 0 Å². The molecule has 1 heterocycles. The highest BCUT2D eigenvalue weighted by molar-refractivity contribution is 8.00. The van der Waals surface area contributed by atoms with Gasteiger partial charge in [-0.05, 0) is 54.4 Å². The van der Waals surface area contributed by atoms with Gasteiger partial charge in [-0.1, -0.05) is 23.9 Å². The normalized spacial score (nSPS) is 11.8. The molecule has 4 rings (SSSR count). The van der Waals surface area contributed by atoms with Crippen LogP contribution < -0.4 is 9.46 Å². The van der Waals surface area contributed by atoms with Gasteiger partial charge in [-0.25, -0.2) is 0 Å². The Morgan fingerprint density at radius 3 is 2.52 bits per heavy atom. The van der Waals surface area contributed by atoms with Crippen LogP contribution in [-0.4, -0.2) is 4.92 Å². The summed E-state index contributed by atoms with van der Waals surface area (Å²) >= 11 is 3.08. The lowest BCUT2D eigenvalue weighted by atomic mass is 10.3. The third-order valence-corrected chi connectivity index (χ3v) is 5.51. The standard InChI is InChI=1S/C18H12N2O3S2/c21-20(22)13-6-8-14(9-7-13)25-19-12-5-10-16-18(11-12)24-17-4-2-1-3-15(17)23-16/h1-11,19H. The summed E-state index contributed by atoms with van der Waals surface area (Å²) < 4.78 is 9.17.